The molecule has 2 rings (SSSR count). The third-order valence-electron chi connectivity index (χ3n) is 2.62. The van der Waals surface area contributed by atoms with Gasteiger partial charge < -0.3 is 15.5 Å². The molecule has 18 heavy (non-hydrogen) atoms. The van der Waals surface area contributed by atoms with E-state index in [9.17, 15) is 4.79 Å². The molecule has 94 valence electrons. The van der Waals surface area contributed by atoms with E-state index in [4.69, 9.17) is 10.2 Å². The second-order valence-electron chi connectivity index (χ2n) is 4.11. The summed E-state index contributed by atoms with van der Waals surface area (Å²) in [4.78, 5) is 15.1. The summed E-state index contributed by atoms with van der Waals surface area (Å²) in [5, 5.41) is 22.7. The van der Waals surface area contributed by atoms with Gasteiger partial charge in [0, 0.05) is 11.4 Å². The summed E-state index contributed by atoms with van der Waals surface area (Å²) < 4.78 is 0. The van der Waals surface area contributed by atoms with Crippen molar-refractivity contribution in [1.29, 1.82) is 0 Å². The van der Waals surface area contributed by atoms with Crippen LogP contribution in [0.4, 0.5) is 5.82 Å². The number of aromatic nitrogens is 1. The van der Waals surface area contributed by atoms with Crippen LogP contribution in [0, 0.1) is 0 Å². The van der Waals surface area contributed by atoms with Crippen molar-refractivity contribution in [2.24, 2.45) is 0 Å². The number of nitrogens with one attached hydrogen (secondary N) is 1. The molecule has 0 aliphatic heterocycles. The molecule has 0 saturated carbocycles. The maximum atomic E-state index is 11.0. The summed E-state index contributed by atoms with van der Waals surface area (Å²) in [7, 11) is 0. The number of rotatable bonds is 4. The van der Waals surface area contributed by atoms with Crippen molar-refractivity contribution in [2.75, 3.05) is 11.9 Å². The fourth-order valence-electron chi connectivity index (χ4n) is 1.70. The first kappa shape index (κ1) is 12.3. The normalized spacial score (nSPS) is 12.3. The molecule has 0 radical (unpaired) electrons. The lowest BCUT2D eigenvalue weighted by atomic mass is 10.1. The summed E-state index contributed by atoms with van der Waals surface area (Å²) in [5.41, 5.74) is -0.0126. The van der Waals surface area contributed by atoms with Gasteiger partial charge in [0.2, 0.25) is 0 Å². The predicted molar refractivity (Wildman–Crippen MR) is 68.9 cm³/mol. The quantitative estimate of drug-likeness (QED) is 0.765. The molecule has 0 saturated heterocycles. The number of hydrogen-bond acceptors (Lipinski definition) is 4. The van der Waals surface area contributed by atoms with E-state index in [1.807, 2.05) is 24.3 Å². The van der Waals surface area contributed by atoms with E-state index in [1.165, 1.54) is 6.07 Å². The highest BCUT2D eigenvalue weighted by Gasteiger charge is 2.12. The molecule has 1 heterocycles. The average molecular weight is 246 g/mol. The number of carboxylic acid groups (broad SMARTS) is 1. The molecule has 2 aromatic rings. The molecule has 0 spiro atoms. The number of aromatic carboxylic acids is 1. The van der Waals surface area contributed by atoms with Crippen molar-refractivity contribution >= 4 is 22.6 Å². The minimum atomic E-state index is -1.07. The van der Waals surface area contributed by atoms with Gasteiger partial charge in [0.1, 0.15) is 5.82 Å². The number of pyridine rings is 1. The number of carboxylic acids is 1. The van der Waals surface area contributed by atoms with E-state index in [0.717, 1.165) is 10.8 Å². The SMILES string of the molecule is CC(CO)Nc1nc(C(=O)O)cc2ccccc12. The van der Waals surface area contributed by atoms with Gasteiger partial charge in [-0.25, -0.2) is 9.78 Å². The third-order valence-corrected chi connectivity index (χ3v) is 2.62. The lowest BCUT2D eigenvalue weighted by Gasteiger charge is -2.14. The van der Waals surface area contributed by atoms with Crippen LogP contribution >= 0.6 is 0 Å². The highest BCUT2D eigenvalue weighted by Crippen LogP contribution is 2.23. The van der Waals surface area contributed by atoms with E-state index in [0.29, 0.717) is 5.82 Å². The van der Waals surface area contributed by atoms with Crippen molar-refractivity contribution in [1.82, 2.24) is 4.98 Å². The van der Waals surface area contributed by atoms with Gasteiger partial charge in [-0.15, -0.1) is 0 Å². The minimum Gasteiger partial charge on any atom is -0.477 e. The standard InChI is InChI=1S/C13H14N2O3/c1-8(7-16)14-12-10-5-3-2-4-9(10)6-11(15-12)13(17)18/h2-6,8,16H,7H2,1H3,(H,14,15)(H,17,18). The van der Waals surface area contributed by atoms with Crippen LogP contribution in [0.25, 0.3) is 10.8 Å². The van der Waals surface area contributed by atoms with E-state index in [2.05, 4.69) is 10.3 Å². The van der Waals surface area contributed by atoms with Gasteiger partial charge in [0.25, 0.3) is 0 Å². The van der Waals surface area contributed by atoms with E-state index < -0.39 is 5.97 Å². The van der Waals surface area contributed by atoms with E-state index in [1.54, 1.807) is 6.92 Å². The number of hydrogen-bond donors (Lipinski definition) is 3. The summed E-state index contributed by atoms with van der Waals surface area (Å²) in [5.74, 6) is -0.590. The molecule has 5 heteroatoms. The Bertz CT molecular complexity index is 583. The maximum absolute atomic E-state index is 11.0. The van der Waals surface area contributed by atoms with E-state index in [-0.39, 0.29) is 18.3 Å². The Morgan fingerprint density at radius 2 is 2.17 bits per heavy atom. The van der Waals surface area contributed by atoms with Crippen LogP contribution in [-0.4, -0.2) is 33.8 Å². The Morgan fingerprint density at radius 1 is 1.44 bits per heavy atom. The first-order valence-electron chi connectivity index (χ1n) is 5.62. The molecule has 3 N–H and O–H groups in total. The van der Waals surface area contributed by atoms with Gasteiger partial charge in [0.15, 0.2) is 5.69 Å². The molecule has 0 bridgehead atoms. The zero-order valence-corrected chi connectivity index (χ0v) is 9.92. The fourth-order valence-corrected chi connectivity index (χ4v) is 1.70. The number of aliphatic hydroxyl groups is 1. The maximum Gasteiger partial charge on any atom is 0.354 e. The molecule has 5 nitrogen and oxygen atoms in total. The second kappa shape index (κ2) is 5.01. The Balaban J connectivity index is 2.57. The largest absolute Gasteiger partial charge is 0.477 e. The number of fused-ring (bicyclic) bond motifs is 1. The fraction of sp³-hybridized carbons (Fsp3) is 0.231. The lowest BCUT2D eigenvalue weighted by molar-refractivity contribution is 0.0691. The van der Waals surface area contributed by atoms with Gasteiger partial charge in [-0.3, -0.25) is 0 Å². The molecular weight excluding hydrogens is 232 g/mol. The summed E-state index contributed by atoms with van der Waals surface area (Å²) in [6.07, 6.45) is 0. The van der Waals surface area contributed by atoms with Crippen molar-refractivity contribution in [2.45, 2.75) is 13.0 Å². The molecule has 0 amide bonds. The Hall–Kier alpha value is -2.14. The van der Waals surface area contributed by atoms with Gasteiger partial charge >= 0.3 is 5.97 Å². The van der Waals surface area contributed by atoms with Crippen LogP contribution in [0.2, 0.25) is 0 Å². The van der Waals surface area contributed by atoms with Crippen LogP contribution in [0.3, 0.4) is 0 Å². The molecular formula is C13H14N2O3. The van der Waals surface area contributed by atoms with Crippen molar-refractivity contribution in [3.63, 3.8) is 0 Å². The van der Waals surface area contributed by atoms with Crippen LogP contribution in [-0.2, 0) is 0 Å². The summed E-state index contributed by atoms with van der Waals surface area (Å²) in [6.45, 7) is 1.75. The molecule has 1 aromatic carbocycles. The Labute approximate surface area is 104 Å². The second-order valence-corrected chi connectivity index (χ2v) is 4.11. The van der Waals surface area contributed by atoms with Crippen LogP contribution < -0.4 is 5.32 Å². The zero-order valence-electron chi connectivity index (χ0n) is 9.92. The van der Waals surface area contributed by atoms with Crippen molar-refractivity contribution in [3.05, 3.63) is 36.0 Å². The van der Waals surface area contributed by atoms with Crippen LogP contribution in [0.15, 0.2) is 30.3 Å². The molecule has 1 atom stereocenters. The minimum absolute atomic E-state index is 0.0126. The molecule has 0 fully saturated rings. The van der Waals surface area contributed by atoms with Gasteiger partial charge in [0.05, 0.1) is 6.61 Å². The van der Waals surface area contributed by atoms with Gasteiger partial charge in [-0.05, 0) is 18.4 Å². The first-order valence-corrected chi connectivity index (χ1v) is 5.62. The summed E-state index contributed by atoms with van der Waals surface area (Å²) in [6, 6.07) is 8.74. The molecule has 1 aromatic heterocycles. The topological polar surface area (TPSA) is 82.5 Å². The van der Waals surface area contributed by atoms with Gasteiger partial charge in [-0.2, -0.15) is 0 Å². The number of carbonyl (C=O) groups is 1. The Kier molecular flexibility index (Phi) is 3.43. The average Bonchev–Trinajstić information content (AvgIpc) is 2.38. The van der Waals surface area contributed by atoms with Crippen molar-refractivity contribution < 1.29 is 15.0 Å². The van der Waals surface area contributed by atoms with E-state index >= 15 is 0 Å². The first-order chi connectivity index (χ1) is 8.61. The number of aliphatic hydroxyl groups excluding tert-OH is 1. The van der Waals surface area contributed by atoms with Crippen LogP contribution in [0.5, 0.6) is 0 Å². The zero-order chi connectivity index (χ0) is 13.1. The van der Waals surface area contributed by atoms with Crippen LogP contribution in [0.1, 0.15) is 17.4 Å². The predicted octanol–water partition coefficient (Wildman–Crippen LogP) is 1.73. The number of benzene rings is 1. The number of anilines is 1. The van der Waals surface area contributed by atoms with Gasteiger partial charge in [-0.1, -0.05) is 24.3 Å². The molecule has 1 unspecified atom stereocenters. The highest BCUT2D eigenvalue weighted by atomic mass is 16.4. The smallest absolute Gasteiger partial charge is 0.354 e. The monoisotopic (exact) mass is 246 g/mol. The third kappa shape index (κ3) is 2.41. The highest BCUT2D eigenvalue weighted by molar-refractivity contribution is 5.97. The molecule has 0 aliphatic carbocycles. The number of nitrogens with zero attached hydrogens (tertiary/aromatic N) is 1. The Morgan fingerprint density at radius 3 is 2.83 bits per heavy atom. The van der Waals surface area contributed by atoms with Crippen molar-refractivity contribution in [3.8, 4) is 0 Å². The molecule has 0 aliphatic rings. The summed E-state index contributed by atoms with van der Waals surface area (Å²) >= 11 is 0. The lowest BCUT2D eigenvalue weighted by Crippen LogP contribution is -2.20.